The maximum absolute atomic E-state index is 13.0. The number of carbonyl (C=O) groups is 1. The minimum Gasteiger partial charge on any atom is -0.333 e. The summed E-state index contributed by atoms with van der Waals surface area (Å²) in [5.41, 5.74) is -1.60. The topological polar surface area (TPSA) is 82.9 Å². The molecule has 0 spiro atoms. The van der Waals surface area contributed by atoms with Crippen molar-refractivity contribution in [3.8, 4) is 0 Å². The average molecular weight is 343 g/mol. The third kappa shape index (κ3) is 2.86. The van der Waals surface area contributed by atoms with E-state index in [0.717, 1.165) is 0 Å². The Balaban J connectivity index is 1.86. The van der Waals surface area contributed by atoms with Crippen molar-refractivity contribution in [2.45, 2.75) is 18.3 Å². The molecule has 2 aromatic heterocycles. The minimum absolute atomic E-state index is 0.0899. The van der Waals surface area contributed by atoms with Gasteiger partial charge < -0.3 is 9.80 Å². The summed E-state index contributed by atoms with van der Waals surface area (Å²) in [4.78, 5) is 15.8. The molecule has 0 aromatic carbocycles. The van der Waals surface area contributed by atoms with Gasteiger partial charge >= 0.3 is 6.18 Å². The first-order chi connectivity index (χ1) is 11.3. The summed E-state index contributed by atoms with van der Waals surface area (Å²) in [5.74, 6) is -0.728. The molecule has 1 N–H and O–H groups in total. The second kappa shape index (κ2) is 5.89. The predicted molar refractivity (Wildman–Crippen MR) is 76.0 cm³/mol. The lowest BCUT2D eigenvalue weighted by Gasteiger charge is -2.24. The van der Waals surface area contributed by atoms with E-state index in [1.165, 1.54) is 11.1 Å². The first-order valence-electron chi connectivity index (χ1n) is 7.21. The SMILES string of the molecule is CN(C)[C@@H]1CN(C(=O)c2[nH]ncc2C(F)(F)F)C[C@@H]1n1ccnn1. The zero-order chi connectivity index (χ0) is 17.5. The van der Waals surface area contributed by atoms with Crippen molar-refractivity contribution in [3.63, 3.8) is 0 Å². The molecule has 2 aromatic rings. The number of H-pyrrole nitrogens is 1. The van der Waals surface area contributed by atoms with Gasteiger partial charge in [-0.15, -0.1) is 5.10 Å². The zero-order valence-electron chi connectivity index (χ0n) is 13.0. The lowest BCUT2D eigenvalue weighted by atomic mass is 10.1. The Morgan fingerprint density at radius 2 is 2.12 bits per heavy atom. The molecular formula is C13H16F3N7O. The monoisotopic (exact) mass is 343 g/mol. The predicted octanol–water partition coefficient (Wildman–Crippen LogP) is 0.647. The van der Waals surface area contributed by atoms with Crippen LogP contribution in [-0.2, 0) is 6.18 Å². The van der Waals surface area contributed by atoms with Crippen molar-refractivity contribution in [2.24, 2.45) is 0 Å². The highest BCUT2D eigenvalue weighted by molar-refractivity contribution is 5.94. The van der Waals surface area contributed by atoms with Gasteiger partial charge in [0.2, 0.25) is 0 Å². The van der Waals surface area contributed by atoms with Crippen LogP contribution < -0.4 is 0 Å². The summed E-state index contributed by atoms with van der Waals surface area (Å²) in [5, 5.41) is 13.2. The second-order valence-corrected chi connectivity index (χ2v) is 5.85. The Labute approximate surface area is 135 Å². The van der Waals surface area contributed by atoms with Crippen LogP contribution in [0.2, 0.25) is 0 Å². The quantitative estimate of drug-likeness (QED) is 0.885. The lowest BCUT2D eigenvalue weighted by molar-refractivity contribution is -0.138. The third-order valence-corrected chi connectivity index (χ3v) is 4.15. The molecular weight excluding hydrogens is 327 g/mol. The number of amides is 1. The molecule has 0 radical (unpaired) electrons. The number of nitrogens with zero attached hydrogens (tertiary/aromatic N) is 6. The highest BCUT2D eigenvalue weighted by Crippen LogP contribution is 2.33. The lowest BCUT2D eigenvalue weighted by Crippen LogP contribution is -2.37. The number of nitrogens with one attached hydrogen (secondary N) is 1. The number of alkyl halides is 3. The van der Waals surface area contributed by atoms with Crippen LogP contribution in [0.5, 0.6) is 0 Å². The van der Waals surface area contributed by atoms with Crippen LogP contribution in [0.3, 0.4) is 0 Å². The van der Waals surface area contributed by atoms with Crippen molar-refractivity contribution in [1.82, 2.24) is 35.0 Å². The van der Waals surface area contributed by atoms with Crippen molar-refractivity contribution in [1.29, 1.82) is 0 Å². The number of aromatic nitrogens is 5. The molecule has 3 rings (SSSR count). The van der Waals surface area contributed by atoms with Crippen molar-refractivity contribution in [2.75, 3.05) is 27.2 Å². The number of likely N-dealkylation sites (tertiary alicyclic amines) is 1. The molecule has 1 fully saturated rings. The van der Waals surface area contributed by atoms with Gasteiger partial charge in [-0.2, -0.15) is 18.3 Å². The van der Waals surface area contributed by atoms with Gasteiger partial charge in [0, 0.05) is 19.3 Å². The van der Waals surface area contributed by atoms with E-state index in [1.807, 2.05) is 19.0 Å². The summed E-state index contributed by atoms with van der Waals surface area (Å²) in [7, 11) is 3.69. The molecule has 130 valence electrons. The van der Waals surface area contributed by atoms with Crippen LogP contribution in [0.15, 0.2) is 18.6 Å². The van der Waals surface area contributed by atoms with Crippen LogP contribution in [0, 0.1) is 0 Å². The molecule has 0 aliphatic carbocycles. The van der Waals surface area contributed by atoms with Crippen LogP contribution in [-0.4, -0.2) is 74.1 Å². The first kappa shape index (κ1) is 16.4. The van der Waals surface area contributed by atoms with E-state index in [9.17, 15) is 18.0 Å². The van der Waals surface area contributed by atoms with Gasteiger partial charge in [0.15, 0.2) is 0 Å². The third-order valence-electron chi connectivity index (χ3n) is 4.15. The molecule has 1 aliphatic heterocycles. The first-order valence-corrected chi connectivity index (χ1v) is 7.21. The second-order valence-electron chi connectivity index (χ2n) is 5.85. The summed E-state index contributed by atoms with van der Waals surface area (Å²) in [6.07, 6.45) is -0.814. The van der Waals surface area contributed by atoms with Gasteiger partial charge in [-0.25, -0.2) is 4.68 Å². The number of carbonyl (C=O) groups excluding carboxylic acids is 1. The van der Waals surface area contributed by atoms with Crippen molar-refractivity contribution >= 4 is 5.91 Å². The number of hydrogen-bond acceptors (Lipinski definition) is 5. The Hall–Kier alpha value is -2.43. The molecule has 0 unspecified atom stereocenters. The highest BCUT2D eigenvalue weighted by Gasteiger charge is 2.42. The van der Waals surface area contributed by atoms with E-state index in [1.54, 1.807) is 10.9 Å². The maximum Gasteiger partial charge on any atom is 0.420 e. The van der Waals surface area contributed by atoms with Gasteiger partial charge in [-0.05, 0) is 14.1 Å². The highest BCUT2D eigenvalue weighted by atomic mass is 19.4. The largest absolute Gasteiger partial charge is 0.420 e. The van der Waals surface area contributed by atoms with E-state index >= 15 is 0 Å². The molecule has 1 amide bonds. The number of halogens is 3. The summed E-state index contributed by atoms with van der Waals surface area (Å²) >= 11 is 0. The molecule has 2 atom stereocenters. The van der Waals surface area contributed by atoms with E-state index in [-0.39, 0.29) is 25.2 Å². The Morgan fingerprint density at radius 1 is 1.38 bits per heavy atom. The minimum atomic E-state index is -4.63. The van der Waals surface area contributed by atoms with E-state index in [4.69, 9.17) is 0 Å². The molecule has 11 heteroatoms. The Bertz CT molecular complexity index is 709. The fourth-order valence-electron chi connectivity index (χ4n) is 2.92. The maximum atomic E-state index is 13.0. The number of rotatable bonds is 3. The van der Waals surface area contributed by atoms with Gasteiger partial charge in [0.1, 0.15) is 11.3 Å². The summed E-state index contributed by atoms with van der Waals surface area (Å²) < 4.78 is 40.5. The van der Waals surface area contributed by atoms with Gasteiger partial charge in [0.25, 0.3) is 5.91 Å². The van der Waals surface area contributed by atoms with Gasteiger partial charge in [0.05, 0.1) is 24.5 Å². The molecule has 1 aliphatic rings. The molecule has 0 saturated carbocycles. The smallest absolute Gasteiger partial charge is 0.333 e. The van der Waals surface area contributed by atoms with Gasteiger partial charge in [-0.3, -0.25) is 9.89 Å². The summed E-state index contributed by atoms with van der Waals surface area (Å²) in [6, 6.07) is -0.281. The normalized spacial score (nSPS) is 21.7. The van der Waals surface area contributed by atoms with Crippen molar-refractivity contribution < 1.29 is 18.0 Å². The molecule has 24 heavy (non-hydrogen) atoms. The van der Waals surface area contributed by atoms with Crippen LogP contribution >= 0.6 is 0 Å². The van der Waals surface area contributed by atoms with Crippen molar-refractivity contribution in [3.05, 3.63) is 29.8 Å². The van der Waals surface area contributed by atoms with Crippen LogP contribution in [0.4, 0.5) is 13.2 Å². The standard InChI is InChI=1S/C13H16F3N7O/c1-21(2)9-6-22(7-10(9)23-4-3-17-20-23)12(24)11-8(5-18-19-11)13(14,15)16/h3-5,9-10H,6-7H2,1-2H3,(H,18,19)/t9-,10+/m1/s1. The molecule has 3 heterocycles. The Morgan fingerprint density at radius 3 is 2.71 bits per heavy atom. The zero-order valence-corrected chi connectivity index (χ0v) is 13.0. The fourth-order valence-corrected chi connectivity index (χ4v) is 2.92. The van der Waals surface area contributed by atoms with Crippen LogP contribution in [0.25, 0.3) is 0 Å². The van der Waals surface area contributed by atoms with E-state index < -0.39 is 23.3 Å². The average Bonchev–Trinajstić information content (AvgIpc) is 3.23. The summed E-state index contributed by atoms with van der Waals surface area (Å²) in [6.45, 7) is 0.522. The van der Waals surface area contributed by atoms with Crippen LogP contribution in [0.1, 0.15) is 22.1 Å². The van der Waals surface area contributed by atoms with E-state index in [2.05, 4.69) is 20.5 Å². The number of likely N-dealkylation sites (N-methyl/N-ethyl adjacent to an activating group) is 1. The molecule has 8 nitrogen and oxygen atoms in total. The number of aromatic amines is 1. The van der Waals surface area contributed by atoms with Gasteiger partial charge in [-0.1, -0.05) is 5.21 Å². The Kier molecular flexibility index (Phi) is 4.03. The number of hydrogen-bond donors (Lipinski definition) is 1. The molecule has 1 saturated heterocycles. The fraction of sp³-hybridized carbons (Fsp3) is 0.538. The van der Waals surface area contributed by atoms with E-state index in [0.29, 0.717) is 6.20 Å². The molecule has 0 bridgehead atoms.